The van der Waals surface area contributed by atoms with Crippen molar-refractivity contribution in [1.82, 2.24) is 5.32 Å². The van der Waals surface area contributed by atoms with Crippen molar-refractivity contribution < 1.29 is 23.2 Å². The number of halogens is 2. The first-order valence-electron chi connectivity index (χ1n) is 7.61. The normalized spacial score (nSPS) is 16.6. The molecule has 2 aromatic rings. The van der Waals surface area contributed by atoms with E-state index < -0.39 is 23.5 Å². The smallest absolute Gasteiger partial charge is 0.258 e. The van der Waals surface area contributed by atoms with Crippen LogP contribution in [0.3, 0.4) is 0 Å². The van der Waals surface area contributed by atoms with Crippen LogP contribution in [0.25, 0.3) is 0 Å². The Morgan fingerprint density at radius 3 is 2.48 bits per heavy atom. The Balaban J connectivity index is 1.66. The molecule has 1 fully saturated rings. The summed E-state index contributed by atoms with van der Waals surface area (Å²) in [4.78, 5) is 34.8. The number of nitrogens with one attached hydrogen (secondary N) is 2. The monoisotopic (exact) mass is 344 g/mol. The minimum absolute atomic E-state index is 0.163. The highest BCUT2D eigenvalue weighted by Gasteiger charge is 2.30. The van der Waals surface area contributed by atoms with Gasteiger partial charge in [-0.1, -0.05) is 12.1 Å². The number of benzene rings is 2. The Kier molecular flexibility index (Phi) is 4.56. The molecule has 0 aromatic heterocycles. The topological polar surface area (TPSA) is 75.3 Å². The van der Waals surface area contributed by atoms with E-state index in [9.17, 15) is 23.2 Å². The summed E-state index contributed by atoms with van der Waals surface area (Å²) in [5.74, 6) is -3.24. The van der Waals surface area contributed by atoms with Gasteiger partial charge in [-0.3, -0.25) is 19.7 Å². The van der Waals surface area contributed by atoms with Crippen LogP contribution < -0.4 is 10.6 Å². The molecule has 2 aromatic carbocycles. The maximum Gasteiger partial charge on any atom is 0.258 e. The zero-order valence-electron chi connectivity index (χ0n) is 13.0. The first kappa shape index (κ1) is 16.8. The van der Waals surface area contributed by atoms with Crippen LogP contribution in [0.4, 0.5) is 14.5 Å². The number of hydrogen-bond donors (Lipinski definition) is 2. The number of amides is 3. The Labute approximate surface area is 142 Å². The van der Waals surface area contributed by atoms with E-state index in [4.69, 9.17) is 0 Å². The van der Waals surface area contributed by atoms with Crippen LogP contribution in [-0.2, 0) is 16.0 Å². The van der Waals surface area contributed by atoms with E-state index in [-0.39, 0.29) is 23.8 Å². The zero-order valence-corrected chi connectivity index (χ0v) is 13.0. The van der Waals surface area contributed by atoms with Gasteiger partial charge in [0, 0.05) is 12.1 Å². The number of carbonyl (C=O) groups excluding carboxylic acids is 3. The molecule has 0 bridgehead atoms. The molecule has 1 atom stereocenters. The van der Waals surface area contributed by atoms with Gasteiger partial charge in [0.2, 0.25) is 11.8 Å². The summed E-state index contributed by atoms with van der Waals surface area (Å²) < 4.78 is 26.7. The van der Waals surface area contributed by atoms with Crippen LogP contribution in [0.5, 0.6) is 0 Å². The molecule has 7 heteroatoms. The summed E-state index contributed by atoms with van der Waals surface area (Å²) in [6.45, 7) is 0. The third-order valence-corrected chi connectivity index (χ3v) is 3.93. The van der Waals surface area contributed by atoms with Gasteiger partial charge in [0.25, 0.3) is 5.91 Å². The molecule has 0 saturated carbocycles. The molecule has 1 aliphatic heterocycles. The Morgan fingerprint density at radius 2 is 1.84 bits per heavy atom. The minimum Gasteiger partial charge on any atom is -0.322 e. The van der Waals surface area contributed by atoms with Crippen molar-refractivity contribution in [2.24, 2.45) is 5.92 Å². The number of hydrogen-bond acceptors (Lipinski definition) is 3. The van der Waals surface area contributed by atoms with Crippen molar-refractivity contribution >= 4 is 23.4 Å². The summed E-state index contributed by atoms with van der Waals surface area (Å²) in [6.07, 6.45) is 0.570. The van der Waals surface area contributed by atoms with E-state index >= 15 is 0 Å². The van der Waals surface area contributed by atoms with E-state index in [0.717, 1.165) is 23.8 Å². The Morgan fingerprint density at radius 1 is 1.12 bits per heavy atom. The number of anilines is 1. The van der Waals surface area contributed by atoms with Gasteiger partial charge in [-0.05, 0) is 42.3 Å². The molecular formula is C18H14F2N2O3. The standard InChI is InChI=1S/C18H14F2N2O3/c19-12-3-6-15(20)14(9-12)18(25)21-13-4-1-10(2-5-13)7-11-8-16(23)22-17(11)24/h1-6,9,11H,7-8H2,(H,21,25)(H,22,23,24)/t11-/m1/s1. The molecule has 128 valence electrons. The second-order valence-electron chi connectivity index (χ2n) is 5.79. The van der Waals surface area contributed by atoms with Crippen molar-refractivity contribution in [2.45, 2.75) is 12.8 Å². The molecule has 2 N–H and O–H groups in total. The second kappa shape index (κ2) is 6.80. The number of imide groups is 1. The Bertz CT molecular complexity index is 850. The number of carbonyl (C=O) groups is 3. The van der Waals surface area contributed by atoms with Crippen molar-refractivity contribution in [3.8, 4) is 0 Å². The molecule has 1 heterocycles. The predicted molar refractivity (Wildman–Crippen MR) is 85.7 cm³/mol. The van der Waals surface area contributed by atoms with Gasteiger partial charge < -0.3 is 5.32 Å². The Hall–Kier alpha value is -3.09. The lowest BCUT2D eigenvalue weighted by Crippen LogP contribution is -2.22. The largest absolute Gasteiger partial charge is 0.322 e. The van der Waals surface area contributed by atoms with Crippen LogP contribution in [0.2, 0.25) is 0 Å². The molecule has 1 aliphatic rings. The molecule has 0 spiro atoms. The highest BCUT2D eigenvalue weighted by Crippen LogP contribution is 2.19. The van der Waals surface area contributed by atoms with Crippen LogP contribution in [0.1, 0.15) is 22.3 Å². The van der Waals surface area contributed by atoms with Crippen LogP contribution in [0.15, 0.2) is 42.5 Å². The quantitative estimate of drug-likeness (QED) is 0.837. The molecule has 1 saturated heterocycles. The molecule has 0 aliphatic carbocycles. The van der Waals surface area contributed by atoms with E-state index in [1.54, 1.807) is 24.3 Å². The van der Waals surface area contributed by atoms with E-state index in [0.29, 0.717) is 12.1 Å². The first-order valence-corrected chi connectivity index (χ1v) is 7.61. The highest BCUT2D eigenvalue weighted by atomic mass is 19.1. The summed E-state index contributed by atoms with van der Waals surface area (Å²) >= 11 is 0. The average molecular weight is 344 g/mol. The van der Waals surface area contributed by atoms with E-state index in [2.05, 4.69) is 10.6 Å². The minimum atomic E-state index is -0.813. The fourth-order valence-corrected chi connectivity index (χ4v) is 2.65. The van der Waals surface area contributed by atoms with Gasteiger partial charge in [-0.25, -0.2) is 8.78 Å². The SMILES string of the molecule is O=C1C[C@@H](Cc2ccc(NC(=O)c3cc(F)ccc3F)cc2)C(=O)N1. The van der Waals surface area contributed by atoms with Crippen molar-refractivity contribution in [2.75, 3.05) is 5.32 Å². The third kappa shape index (κ3) is 3.88. The van der Waals surface area contributed by atoms with Crippen LogP contribution in [-0.4, -0.2) is 17.7 Å². The second-order valence-corrected chi connectivity index (χ2v) is 5.79. The molecule has 25 heavy (non-hydrogen) atoms. The molecule has 3 amide bonds. The van der Waals surface area contributed by atoms with Crippen molar-refractivity contribution in [3.63, 3.8) is 0 Å². The highest BCUT2D eigenvalue weighted by molar-refractivity contribution is 6.04. The van der Waals surface area contributed by atoms with Gasteiger partial charge in [0.05, 0.1) is 11.5 Å². The lowest BCUT2D eigenvalue weighted by Gasteiger charge is -2.09. The third-order valence-electron chi connectivity index (χ3n) is 3.93. The van der Waals surface area contributed by atoms with Crippen molar-refractivity contribution in [3.05, 3.63) is 65.2 Å². The van der Waals surface area contributed by atoms with Crippen LogP contribution in [0, 0.1) is 17.6 Å². The van der Waals surface area contributed by atoms with E-state index in [1.807, 2.05) is 0 Å². The molecule has 5 nitrogen and oxygen atoms in total. The summed E-state index contributed by atoms with van der Waals surface area (Å²) in [7, 11) is 0. The molecule has 3 rings (SSSR count). The molecule has 0 unspecified atom stereocenters. The van der Waals surface area contributed by atoms with Gasteiger partial charge in [0.1, 0.15) is 11.6 Å². The van der Waals surface area contributed by atoms with Crippen LogP contribution >= 0.6 is 0 Å². The zero-order chi connectivity index (χ0) is 18.0. The summed E-state index contributed by atoms with van der Waals surface area (Å²) in [5.41, 5.74) is 0.847. The fourth-order valence-electron chi connectivity index (χ4n) is 2.65. The average Bonchev–Trinajstić information content (AvgIpc) is 2.89. The summed E-state index contributed by atoms with van der Waals surface area (Å²) in [6, 6.07) is 9.25. The van der Waals surface area contributed by atoms with Gasteiger partial charge in [-0.2, -0.15) is 0 Å². The van der Waals surface area contributed by atoms with Gasteiger partial charge in [0.15, 0.2) is 0 Å². The maximum atomic E-state index is 13.6. The number of rotatable bonds is 4. The lowest BCUT2D eigenvalue weighted by atomic mass is 9.98. The lowest BCUT2D eigenvalue weighted by molar-refractivity contribution is -0.125. The maximum absolute atomic E-state index is 13.6. The molecular weight excluding hydrogens is 330 g/mol. The fraction of sp³-hybridized carbons (Fsp3) is 0.167. The predicted octanol–water partition coefficient (Wildman–Crippen LogP) is 2.42. The molecule has 0 radical (unpaired) electrons. The first-order chi connectivity index (χ1) is 11.9. The van der Waals surface area contributed by atoms with Gasteiger partial charge >= 0.3 is 0 Å². The van der Waals surface area contributed by atoms with Gasteiger partial charge in [-0.15, -0.1) is 0 Å². The summed E-state index contributed by atoms with van der Waals surface area (Å²) in [5, 5.41) is 4.74. The van der Waals surface area contributed by atoms with Crippen molar-refractivity contribution in [1.29, 1.82) is 0 Å². The van der Waals surface area contributed by atoms with E-state index in [1.165, 1.54) is 0 Å².